The number of pyridine rings is 1. The number of ether oxygens (including phenoxy) is 2. The number of aromatic hydroxyl groups is 1. The standard InChI is InChI=1S/C8H7F4NO3/c1-15-7-4(2-9)6(5(14)3-13-7)16-8(10,11)12/h3,14H,2H2,1H3. The monoisotopic (exact) mass is 241 g/mol. The molecule has 1 heterocycles. The zero-order valence-electron chi connectivity index (χ0n) is 8.01. The fraction of sp³-hybridized carbons (Fsp3) is 0.375. The molecule has 0 amide bonds. The summed E-state index contributed by atoms with van der Waals surface area (Å²) in [6.45, 7) is -1.31. The van der Waals surface area contributed by atoms with Gasteiger partial charge in [-0.1, -0.05) is 0 Å². The van der Waals surface area contributed by atoms with Gasteiger partial charge in [-0.3, -0.25) is 0 Å². The SMILES string of the molecule is COc1ncc(O)c(OC(F)(F)F)c1CF. The number of methoxy groups -OCH3 is 1. The summed E-state index contributed by atoms with van der Waals surface area (Å²) in [5.41, 5.74) is -0.597. The Morgan fingerprint density at radius 3 is 2.50 bits per heavy atom. The highest BCUT2D eigenvalue weighted by Gasteiger charge is 2.34. The molecule has 1 aromatic heterocycles. The van der Waals surface area contributed by atoms with Crippen molar-refractivity contribution in [2.45, 2.75) is 13.0 Å². The van der Waals surface area contributed by atoms with Gasteiger partial charge >= 0.3 is 6.36 Å². The minimum Gasteiger partial charge on any atom is -0.503 e. The molecule has 0 saturated heterocycles. The molecule has 4 nitrogen and oxygen atoms in total. The average molecular weight is 241 g/mol. The number of alkyl halides is 4. The van der Waals surface area contributed by atoms with Gasteiger partial charge in [0, 0.05) is 0 Å². The van der Waals surface area contributed by atoms with E-state index in [0.717, 1.165) is 7.11 Å². The first-order valence-electron chi connectivity index (χ1n) is 3.95. The molecule has 0 unspecified atom stereocenters. The summed E-state index contributed by atoms with van der Waals surface area (Å²) in [5.74, 6) is -2.33. The number of rotatable bonds is 3. The molecule has 90 valence electrons. The lowest BCUT2D eigenvalue weighted by molar-refractivity contribution is -0.275. The van der Waals surface area contributed by atoms with Crippen LogP contribution >= 0.6 is 0 Å². The normalized spacial score (nSPS) is 11.3. The number of halogens is 4. The summed E-state index contributed by atoms with van der Waals surface area (Å²) in [6, 6.07) is 0. The quantitative estimate of drug-likeness (QED) is 0.824. The maximum absolute atomic E-state index is 12.5. The number of nitrogens with zero attached hydrogens (tertiary/aromatic N) is 1. The second-order valence-electron chi connectivity index (χ2n) is 2.64. The van der Waals surface area contributed by atoms with E-state index in [1.165, 1.54) is 0 Å². The van der Waals surface area contributed by atoms with Crippen molar-refractivity contribution in [1.29, 1.82) is 0 Å². The van der Waals surface area contributed by atoms with Gasteiger partial charge in [-0.25, -0.2) is 9.37 Å². The maximum Gasteiger partial charge on any atom is 0.573 e. The molecule has 16 heavy (non-hydrogen) atoms. The Morgan fingerprint density at radius 1 is 1.44 bits per heavy atom. The van der Waals surface area contributed by atoms with Gasteiger partial charge in [0.25, 0.3) is 0 Å². The fourth-order valence-electron chi connectivity index (χ4n) is 1.03. The summed E-state index contributed by atoms with van der Waals surface area (Å²) >= 11 is 0. The van der Waals surface area contributed by atoms with E-state index in [1.54, 1.807) is 0 Å². The molecule has 0 radical (unpaired) electrons. The van der Waals surface area contributed by atoms with E-state index in [2.05, 4.69) is 14.5 Å². The third-order valence-corrected chi connectivity index (χ3v) is 1.61. The maximum atomic E-state index is 12.5. The van der Waals surface area contributed by atoms with Crippen molar-refractivity contribution in [3.8, 4) is 17.4 Å². The molecule has 1 rings (SSSR count). The van der Waals surface area contributed by atoms with E-state index in [-0.39, 0.29) is 5.88 Å². The highest BCUT2D eigenvalue weighted by atomic mass is 19.4. The predicted octanol–water partition coefficient (Wildman–Crippen LogP) is 2.16. The summed E-state index contributed by atoms with van der Waals surface area (Å²) in [5, 5.41) is 9.10. The van der Waals surface area contributed by atoms with Crippen molar-refractivity contribution in [1.82, 2.24) is 4.98 Å². The number of hydrogen-bond donors (Lipinski definition) is 1. The van der Waals surface area contributed by atoms with Crippen LogP contribution in [0.5, 0.6) is 17.4 Å². The van der Waals surface area contributed by atoms with Crippen LogP contribution in [0.25, 0.3) is 0 Å². The molecule has 1 aromatic rings. The molecule has 0 saturated carbocycles. The molecule has 0 aliphatic rings. The van der Waals surface area contributed by atoms with Gasteiger partial charge in [0.1, 0.15) is 6.67 Å². The molecular formula is C8H7F4NO3. The van der Waals surface area contributed by atoms with Crippen molar-refractivity contribution in [2.24, 2.45) is 0 Å². The summed E-state index contributed by atoms with van der Waals surface area (Å²) in [6.07, 6.45) is -4.35. The third kappa shape index (κ3) is 2.65. The van der Waals surface area contributed by atoms with Crippen LogP contribution in [-0.4, -0.2) is 23.6 Å². The van der Waals surface area contributed by atoms with Crippen LogP contribution in [0.15, 0.2) is 6.20 Å². The van der Waals surface area contributed by atoms with Crippen LogP contribution < -0.4 is 9.47 Å². The van der Waals surface area contributed by atoms with Gasteiger partial charge in [-0.15, -0.1) is 13.2 Å². The molecule has 0 bridgehead atoms. The largest absolute Gasteiger partial charge is 0.573 e. The van der Waals surface area contributed by atoms with E-state index in [0.29, 0.717) is 6.20 Å². The Morgan fingerprint density at radius 2 is 2.06 bits per heavy atom. The van der Waals surface area contributed by atoms with Gasteiger partial charge in [0.15, 0.2) is 11.5 Å². The molecule has 0 spiro atoms. The van der Waals surface area contributed by atoms with Crippen LogP contribution in [0.4, 0.5) is 17.6 Å². The third-order valence-electron chi connectivity index (χ3n) is 1.61. The van der Waals surface area contributed by atoms with Gasteiger partial charge in [0.2, 0.25) is 5.88 Å². The first-order valence-corrected chi connectivity index (χ1v) is 3.95. The van der Waals surface area contributed by atoms with Gasteiger partial charge in [-0.2, -0.15) is 0 Å². The van der Waals surface area contributed by atoms with Crippen molar-refractivity contribution in [3.05, 3.63) is 11.8 Å². The van der Waals surface area contributed by atoms with E-state index >= 15 is 0 Å². The summed E-state index contributed by atoms with van der Waals surface area (Å²) in [4.78, 5) is 3.40. The van der Waals surface area contributed by atoms with E-state index in [1.807, 2.05) is 0 Å². The first-order chi connectivity index (χ1) is 7.39. The fourth-order valence-corrected chi connectivity index (χ4v) is 1.03. The topological polar surface area (TPSA) is 51.6 Å². The molecule has 0 aromatic carbocycles. The van der Waals surface area contributed by atoms with Crippen LogP contribution in [0.1, 0.15) is 5.56 Å². The molecule has 0 fully saturated rings. The number of hydrogen-bond acceptors (Lipinski definition) is 4. The van der Waals surface area contributed by atoms with E-state index in [4.69, 9.17) is 5.11 Å². The zero-order chi connectivity index (χ0) is 12.3. The molecular weight excluding hydrogens is 234 g/mol. The Bertz CT molecular complexity index is 380. The molecule has 0 aliphatic heterocycles. The van der Waals surface area contributed by atoms with Gasteiger partial charge in [-0.05, 0) is 0 Å². The second-order valence-corrected chi connectivity index (χ2v) is 2.64. The Balaban J connectivity index is 3.23. The smallest absolute Gasteiger partial charge is 0.503 e. The van der Waals surface area contributed by atoms with E-state index in [9.17, 15) is 17.6 Å². The second kappa shape index (κ2) is 4.42. The lowest BCUT2D eigenvalue weighted by Crippen LogP contribution is -2.18. The Labute approximate surface area is 87.4 Å². The minimum atomic E-state index is -5.03. The number of aromatic nitrogens is 1. The average Bonchev–Trinajstić information content (AvgIpc) is 2.19. The minimum absolute atomic E-state index is 0.375. The first kappa shape index (κ1) is 12.3. The lowest BCUT2D eigenvalue weighted by atomic mass is 10.2. The van der Waals surface area contributed by atoms with Gasteiger partial charge < -0.3 is 14.6 Å². The molecule has 0 aliphatic carbocycles. The van der Waals surface area contributed by atoms with Crippen LogP contribution in [0.2, 0.25) is 0 Å². The highest BCUT2D eigenvalue weighted by molar-refractivity contribution is 5.48. The zero-order valence-corrected chi connectivity index (χ0v) is 8.01. The Hall–Kier alpha value is -1.73. The van der Waals surface area contributed by atoms with Crippen molar-refractivity contribution < 1.29 is 32.1 Å². The van der Waals surface area contributed by atoms with Crippen LogP contribution in [0.3, 0.4) is 0 Å². The van der Waals surface area contributed by atoms with E-state index < -0.39 is 30.1 Å². The van der Waals surface area contributed by atoms with Gasteiger partial charge in [0.05, 0.1) is 18.9 Å². The lowest BCUT2D eigenvalue weighted by Gasteiger charge is -2.14. The van der Waals surface area contributed by atoms with Crippen molar-refractivity contribution in [2.75, 3.05) is 7.11 Å². The van der Waals surface area contributed by atoms with Crippen LogP contribution in [-0.2, 0) is 6.67 Å². The van der Waals surface area contributed by atoms with Crippen LogP contribution in [0, 0.1) is 0 Å². The summed E-state index contributed by atoms with van der Waals surface area (Å²) < 4.78 is 56.4. The highest BCUT2D eigenvalue weighted by Crippen LogP contribution is 2.38. The summed E-state index contributed by atoms with van der Waals surface area (Å²) in [7, 11) is 1.11. The molecule has 1 N–H and O–H groups in total. The van der Waals surface area contributed by atoms with Crippen molar-refractivity contribution in [3.63, 3.8) is 0 Å². The molecule has 0 atom stereocenters. The van der Waals surface area contributed by atoms with Crippen molar-refractivity contribution >= 4 is 0 Å². The molecule has 8 heteroatoms. The predicted molar refractivity (Wildman–Crippen MR) is 43.9 cm³/mol. The Kier molecular flexibility index (Phi) is 3.41.